The van der Waals surface area contributed by atoms with E-state index in [2.05, 4.69) is 10.4 Å². The minimum Gasteiger partial charge on any atom is -0.368 e. The molecular weight excluding hydrogens is 304 g/mol. The van der Waals surface area contributed by atoms with Crippen LogP contribution in [0.1, 0.15) is 12.5 Å². The molecular formula is C15H15ClN4O2. The van der Waals surface area contributed by atoms with Gasteiger partial charge in [0, 0.05) is 16.8 Å². The number of hydrogen-bond donors (Lipinski definition) is 2. The number of amides is 2. The SMILES string of the molecule is C/C(=C\c1ccc(Cl)cc1)C(=O)Nc1cnn(CC(N)=O)c1. The van der Waals surface area contributed by atoms with Gasteiger partial charge in [-0.05, 0) is 30.7 Å². The minimum absolute atomic E-state index is 0.0323. The van der Waals surface area contributed by atoms with Crippen LogP contribution in [0.25, 0.3) is 6.08 Å². The van der Waals surface area contributed by atoms with Gasteiger partial charge in [-0.25, -0.2) is 0 Å². The van der Waals surface area contributed by atoms with Crippen LogP contribution in [0.2, 0.25) is 5.02 Å². The van der Waals surface area contributed by atoms with Crippen LogP contribution in [0.5, 0.6) is 0 Å². The largest absolute Gasteiger partial charge is 0.368 e. The highest BCUT2D eigenvalue weighted by atomic mass is 35.5. The Balaban J connectivity index is 2.03. The van der Waals surface area contributed by atoms with Crippen molar-refractivity contribution in [3.8, 4) is 0 Å². The van der Waals surface area contributed by atoms with E-state index < -0.39 is 5.91 Å². The Morgan fingerprint density at radius 1 is 1.36 bits per heavy atom. The molecule has 0 radical (unpaired) electrons. The number of aromatic nitrogens is 2. The summed E-state index contributed by atoms with van der Waals surface area (Å²) < 4.78 is 1.36. The van der Waals surface area contributed by atoms with Crippen LogP contribution >= 0.6 is 11.6 Å². The molecule has 1 aromatic heterocycles. The normalized spacial score (nSPS) is 11.3. The molecule has 0 spiro atoms. The van der Waals surface area contributed by atoms with Crippen LogP contribution in [-0.4, -0.2) is 21.6 Å². The monoisotopic (exact) mass is 318 g/mol. The molecule has 22 heavy (non-hydrogen) atoms. The van der Waals surface area contributed by atoms with Crippen molar-refractivity contribution in [1.82, 2.24) is 9.78 Å². The van der Waals surface area contributed by atoms with Gasteiger partial charge in [0.2, 0.25) is 5.91 Å². The van der Waals surface area contributed by atoms with Gasteiger partial charge in [-0.3, -0.25) is 14.3 Å². The second-order valence-electron chi connectivity index (χ2n) is 4.73. The maximum Gasteiger partial charge on any atom is 0.251 e. The average Bonchev–Trinajstić information content (AvgIpc) is 2.87. The third-order valence-corrected chi connectivity index (χ3v) is 3.07. The molecule has 0 saturated carbocycles. The summed E-state index contributed by atoms with van der Waals surface area (Å²) in [5.74, 6) is -0.756. The first kappa shape index (κ1) is 15.8. The highest BCUT2D eigenvalue weighted by Gasteiger charge is 2.07. The Hall–Kier alpha value is -2.60. The third kappa shape index (κ3) is 4.46. The van der Waals surface area contributed by atoms with Crippen LogP contribution < -0.4 is 11.1 Å². The zero-order valence-electron chi connectivity index (χ0n) is 11.9. The first-order chi connectivity index (χ1) is 10.4. The van der Waals surface area contributed by atoms with Crippen molar-refractivity contribution in [3.05, 3.63) is 52.8 Å². The Bertz CT molecular complexity index is 719. The molecule has 0 saturated heterocycles. The summed E-state index contributed by atoms with van der Waals surface area (Å²) >= 11 is 5.81. The van der Waals surface area contributed by atoms with E-state index in [9.17, 15) is 9.59 Å². The Labute approximate surface area is 132 Å². The molecule has 2 amide bonds. The van der Waals surface area contributed by atoms with Crippen molar-refractivity contribution in [2.24, 2.45) is 5.73 Å². The molecule has 3 N–H and O–H groups in total. The number of benzene rings is 1. The number of primary amides is 1. The Morgan fingerprint density at radius 3 is 2.68 bits per heavy atom. The van der Waals surface area contributed by atoms with E-state index in [0.29, 0.717) is 16.3 Å². The zero-order chi connectivity index (χ0) is 16.1. The summed E-state index contributed by atoms with van der Waals surface area (Å²) in [4.78, 5) is 22.9. The maximum atomic E-state index is 12.1. The molecule has 1 aromatic carbocycles. The molecule has 1 heterocycles. The smallest absolute Gasteiger partial charge is 0.251 e. The topological polar surface area (TPSA) is 90.0 Å². The zero-order valence-corrected chi connectivity index (χ0v) is 12.7. The number of rotatable bonds is 5. The number of nitrogens with zero attached hydrogens (tertiary/aromatic N) is 2. The number of halogens is 1. The van der Waals surface area contributed by atoms with Crippen LogP contribution in [0.15, 0.2) is 42.2 Å². The third-order valence-electron chi connectivity index (χ3n) is 2.82. The minimum atomic E-state index is -0.500. The second-order valence-corrected chi connectivity index (χ2v) is 5.16. The number of carbonyl (C=O) groups excluding carboxylic acids is 2. The molecule has 0 fully saturated rings. The molecule has 114 valence electrons. The Morgan fingerprint density at radius 2 is 2.05 bits per heavy atom. The quantitative estimate of drug-likeness (QED) is 0.827. The average molecular weight is 319 g/mol. The number of nitrogens with one attached hydrogen (secondary N) is 1. The van der Waals surface area contributed by atoms with Crippen molar-refractivity contribution >= 4 is 35.2 Å². The summed E-state index contributed by atoms with van der Waals surface area (Å²) in [6.07, 6.45) is 4.74. The van der Waals surface area contributed by atoms with Gasteiger partial charge >= 0.3 is 0 Å². The molecule has 2 aromatic rings. The van der Waals surface area contributed by atoms with Gasteiger partial charge in [0.1, 0.15) is 6.54 Å². The summed E-state index contributed by atoms with van der Waals surface area (Å²) in [6.45, 7) is 1.67. The van der Waals surface area contributed by atoms with Crippen molar-refractivity contribution in [2.45, 2.75) is 13.5 Å². The predicted molar refractivity (Wildman–Crippen MR) is 85.2 cm³/mol. The van der Waals surface area contributed by atoms with Gasteiger partial charge in [-0.2, -0.15) is 5.10 Å². The van der Waals surface area contributed by atoms with E-state index in [4.69, 9.17) is 17.3 Å². The van der Waals surface area contributed by atoms with E-state index in [1.54, 1.807) is 25.1 Å². The molecule has 2 rings (SSSR count). The summed E-state index contributed by atoms with van der Waals surface area (Å²) in [6, 6.07) is 7.16. The standard InChI is InChI=1S/C15H15ClN4O2/c1-10(6-11-2-4-12(16)5-3-11)15(22)19-13-7-18-20(8-13)9-14(17)21/h2-8H,9H2,1H3,(H2,17,21)(H,19,22)/b10-6+. The number of anilines is 1. The fourth-order valence-electron chi connectivity index (χ4n) is 1.78. The van der Waals surface area contributed by atoms with Crippen molar-refractivity contribution in [2.75, 3.05) is 5.32 Å². The molecule has 0 atom stereocenters. The van der Waals surface area contributed by atoms with Gasteiger partial charge in [-0.15, -0.1) is 0 Å². The first-order valence-electron chi connectivity index (χ1n) is 6.50. The number of hydrogen-bond acceptors (Lipinski definition) is 3. The maximum absolute atomic E-state index is 12.1. The molecule has 6 nitrogen and oxygen atoms in total. The highest BCUT2D eigenvalue weighted by Crippen LogP contribution is 2.14. The van der Waals surface area contributed by atoms with E-state index in [1.807, 2.05) is 12.1 Å². The number of carbonyl (C=O) groups is 2. The van der Waals surface area contributed by atoms with Crippen molar-refractivity contribution < 1.29 is 9.59 Å². The lowest BCUT2D eigenvalue weighted by atomic mass is 10.1. The summed E-state index contributed by atoms with van der Waals surface area (Å²) in [7, 11) is 0. The van der Waals surface area contributed by atoms with Gasteiger partial charge in [0.05, 0.1) is 11.9 Å². The fraction of sp³-hybridized carbons (Fsp3) is 0.133. The predicted octanol–water partition coefficient (Wildman–Crippen LogP) is 2.06. The molecule has 0 aliphatic rings. The first-order valence-corrected chi connectivity index (χ1v) is 6.88. The van der Waals surface area contributed by atoms with Gasteiger partial charge < -0.3 is 11.1 Å². The molecule has 0 unspecified atom stereocenters. The van der Waals surface area contributed by atoms with Gasteiger partial charge in [0.25, 0.3) is 5.91 Å². The van der Waals surface area contributed by atoms with Crippen molar-refractivity contribution in [1.29, 1.82) is 0 Å². The summed E-state index contributed by atoms with van der Waals surface area (Å²) in [5.41, 5.74) is 6.98. The van der Waals surface area contributed by atoms with E-state index >= 15 is 0 Å². The van der Waals surface area contributed by atoms with Crippen LogP contribution in [0.4, 0.5) is 5.69 Å². The van der Waals surface area contributed by atoms with Crippen molar-refractivity contribution in [3.63, 3.8) is 0 Å². The van der Waals surface area contributed by atoms with Crippen LogP contribution in [0, 0.1) is 0 Å². The van der Waals surface area contributed by atoms with E-state index in [0.717, 1.165) is 5.56 Å². The highest BCUT2D eigenvalue weighted by molar-refractivity contribution is 6.30. The van der Waals surface area contributed by atoms with Crippen LogP contribution in [0.3, 0.4) is 0 Å². The fourth-order valence-corrected chi connectivity index (χ4v) is 1.90. The lowest BCUT2D eigenvalue weighted by Crippen LogP contribution is -2.18. The van der Waals surface area contributed by atoms with Gasteiger partial charge in [-0.1, -0.05) is 23.7 Å². The number of nitrogens with two attached hydrogens (primary N) is 1. The lowest BCUT2D eigenvalue weighted by molar-refractivity contribution is -0.118. The molecule has 7 heteroatoms. The van der Waals surface area contributed by atoms with E-state index in [1.165, 1.54) is 17.1 Å². The second kappa shape index (κ2) is 6.91. The lowest BCUT2D eigenvalue weighted by Gasteiger charge is -2.03. The Kier molecular flexibility index (Phi) is 4.95. The van der Waals surface area contributed by atoms with Gasteiger partial charge in [0.15, 0.2) is 0 Å². The molecule has 0 aliphatic carbocycles. The van der Waals surface area contributed by atoms with E-state index in [-0.39, 0.29) is 12.5 Å². The summed E-state index contributed by atoms with van der Waals surface area (Å²) in [5, 5.41) is 7.27. The molecule has 0 bridgehead atoms. The van der Waals surface area contributed by atoms with Crippen LogP contribution in [-0.2, 0) is 16.1 Å². The molecule has 0 aliphatic heterocycles.